The summed E-state index contributed by atoms with van der Waals surface area (Å²) in [6, 6.07) is 11.9. The van der Waals surface area contributed by atoms with E-state index in [0.29, 0.717) is 57.2 Å². The highest BCUT2D eigenvalue weighted by molar-refractivity contribution is 7.91. The van der Waals surface area contributed by atoms with Crippen molar-refractivity contribution in [1.29, 1.82) is 0 Å². The van der Waals surface area contributed by atoms with Gasteiger partial charge in [0.05, 0.1) is 30.8 Å². The van der Waals surface area contributed by atoms with E-state index in [4.69, 9.17) is 0 Å². The Morgan fingerprint density at radius 1 is 1.00 bits per heavy atom. The van der Waals surface area contributed by atoms with Crippen LogP contribution in [0, 0.1) is 0 Å². The number of para-hydroxylation sites is 1. The van der Waals surface area contributed by atoms with Crippen molar-refractivity contribution in [1.82, 2.24) is 30.6 Å². The number of rotatable bonds is 10. The number of fused-ring (bicyclic) bond motifs is 2. The summed E-state index contributed by atoms with van der Waals surface area (Å²) < 4.78 is 30.0. The summed E-state index contributed by atoms with van der Waals surface area (Å²) in [6.07, 6.45) is 7.25. The van der Waals surface area contributed by atoms with E-state index < -0.39 is 35.2 Å². The minimum atomic E-state index is -3.95. The summed E-state index contributed by atoms with van der Waals surface area (Å²) in [7, 11) is -5.76. The van der Waals surface area contributed by atoms with Crippen LogP contribution >= 0.6 is 0 Å². The van der Waals surface area contributed by atoms with Crippen molar-refractivity contribution in [2.45, 2.75) is 101 Å². The normalized spacial score (nSPS) is 21.3. The number of nitrogens with one attached hydrogen (secondary N) is 4. The van der Waals surface area contributed by atoms with Gasteiger partial charge in [-0.3, -0.25) is 9.58 Å². The Bertz CT molecular complexity index is 1940. The number of aromatic nitrogens is 2. The second-order valence-corrected chi connectivity index (χ2v) is 24.9. The van der Waals surface area contributed by atoms with Gasteiger partial charge in [0.25, 0.3) is 0 Å². The molecule has 0 aliphatic carbocycles. The summed E-state index contributed by atoms with van der Waals surface area (Å²) in [5, 5.41) is 16.2. The number of hydrogen-bond acceptors (Lipinski definition) is 7. The molecule has 13 nitrogen and oxygen atoms in total. The lowest BCUT2D eigenvalue weighted by molar-refractivity contribution is -0.886. The molecule has 4 N–H and O–H groups in total. The van der Waals surface area contributed by atoms with Crippen molar-refractivity contribution < 1.29 is 27.3 Å². The van der Waals surface area contributed by atoms with E-state index in [2.05, 4.69) is 45.8 Å². The number of urea groups is 2. The molecule has 3 saturated heterocycles. The van der Waals surface area contributed by atoms with Gasteiger partial charge in [0.2, 0.25) is 0 Å². The molecule has 0 bridgehead atoms. The lowest BCUT2D eigenvalue weighted by Crippen LogP contribution is -2.69. The molecule has 0 spiro atoms. The zero-order chi connectivity index (χ0) is 38.1. The Kier molecular flexibility index (Phi) is 11.2. The SMILES string of the molecule is C[Si](C)(C)CCS(=O)(=O)[C@H](c1ccc2[nH]ncc2c1)C(NC(=O)N1CCC(N2Cc3ccccc3NC2=O)CC1)C(=O)[N+]1(C2CCNCC2)CCCCC1. The largest absolute Gasteiger partial charge is 0.338 e. The van der Waals surface area contributed by atoms with Gasteiger partial charge in [0, 0.05) is 76.5 Å². The van der Waals surface area contributed by atoms with Gasteiger partial charge in [0.1, 0.15) is 5.25 Å². The molecule has 1 unspecified atom stereocenters. The maximum Gasteiger partial charge on any atom is 0.338 e. The lowest BCUT2D eigenvalue weighted by atomic mass is 9.93. The zero-order valence-corrected chi connectivity index (χ0v) is 33.8. The number of H-pyrrole nitrogens is 1. The van der Waals surface area contributed by atoms with Gasteiger partial charge in [-0.1, -0.05) is 43.9 Å². The molecule has 4 aliphatic heterocycles. The average molecular weight is 778 g/mol. The number of sulfone groups is 1. The van der Waals surface area contributed by atoms with E-state index in [1.807, 2.05) is 41.3 Å². The molecule has 2 atom stereocenters. The molecule has 15 heteroatoms. The second-order valence-electron chi connectivity index (χ2n) is 17.0. The van der Waals surface area contributed by atoms with Gasteiger partial charge >= 0.3 is 18.0 Å². The number of carbonyl (C=O) groups excluding carboxylic acids is 3. The molecule has 292 valence electrons. The van der Waals surface area contributed by atoms with Gasteiger partial charge < -0.3 is 25.8 Å². The molecule has 5 amide bonds. The van der Waals surface area contributed by atoms with E-state index in [-0.39, 0.29) is 34.3 Å². The smallest absolute Gasteiger partial charge is 0.325 e. The molecular weight excluding hydrogens is 721 g/mol. The highest BCUT2D eigenvalue weighted by atomic mass is 32.2. The van der Waals surface area contributed by atoms with Crippen molar-refractivity contribution >= 4 is 52.5 Å². The number of anilines is 1. The Morgan fingerprint density at radius 2 is 1.72 bits per heavy atom. The number of amides is 5. The monoisotopic (exact) mass is 777 g/mol. The van der Waals surface area contributed by atoms with Crippen LogP contribution in [0.15, 0.2) is 48.7 Å². The fraction of sp³-hybridized carbons (Fsp3) is 0.590. The molecule has 0 radical (unpaired) electrons. The number of hydrogen-bond donors (Lipinski definition) is 4. The molecule has 54 heavy (non-hydrogen) atoms. The first-order valence-corrected chi connectivity index (χ1v) is 25.2. The molecular formula is C39H57N8O5SSi+. The highest BCUT2D eigenvalue weighted by Crippen LogP contribution is 2.37. The molecule has 5 heterocycles. The third kappa shape index (κ3) is 8.09. The van der Waals surface area contributed by atoms with Crippen LogP contribution in [0.1, 0.15) is 61.3 Å². The van der Waals surface area contributed by atoms with Crippen molar-refractivity contribution in [3.05, 3.63) is 59.8 Å². The third-order valence-corrected chi connectivity index (χ3v) is 16.5. The van der Waals surface area contributed by atoms with Crippen molar-refractivity contribution in [3.63, 3.8) is 0 Å². The van der Waals surface area contributed by atoms with Crippen LogP contribution in [0.3, 0.4) is 0 Å². The number of aromatic amines is 1. The number of benzene rings is 2. The quantitative estimate of drug-likeness (QED) is 0.162. The van der Waals surface area contributed by atoms with Gasteiger partial charge in [0.15, 0.2) is 15.9 Å². The standard InChI is InChI=1S/C39H56N8O5SSi/c1-54(2,3)24-23-53(51,52)36(28-11-12-34-30(25-28)26-41-44-34)35(37(48)47(21-7-4-8-22-47)32-13-17-40-18-14-32)43-38(49)45-19-15-31(16-20-45)46-27-29-9-5-6-10-33(29)42-39(46)50/h5-6,9-12,25-26,31-32,35-36,40H,4,7-8,13-24,27H2,1-3H3,(H2-,41,42,43,44,49,50)/p+1/t35?,36-/m1/s1. The Labute approximate surface area is 320 Å². The first-order chi connectivity index (χ1) is 25.8. The van der Waals surface area contributed by atoms with Gasteiger partial charge in [-0.05, 0) is 67.5 Å². The van der Waals surface area contributed by atoms with Gasteiger partial charge in [-0.2, -0.15) is 5.10 Å². The Morgan fingerprint density at radius 3 is 2.44 bits per heavy atom. The van der Waals surface area contributed by atoms with Gasteiger partial charge in [-0.25, -0.2) is 22.8 Å². The van der Waals surface area contributed by atoms with Crippen LogP contribution in [-0.4, -0.2) is 122 Å². The summed E-state index contributed by atoms with van der Waals surface area (Å²) in [5.74, 6) is -0.252. The fourth-order valence-corrected chi connectivity index (χ4v) is 14.1. The minimum absolute atomic E-state index is 0.0525. The Hall–Kier alpha value is -3.79. The van der Waals surface area contributed by atoms with Crippen LogP contribution in [0.25, 0.3) is 10.9 Å². The van der Waals surface area contributed by atoms with E-state index in [1.54, 1.807) is 17.2 Å². The fourth-order valence-electron chi connectivity index (χ4n) is 9.13. The molecule has 2 aromatic carbocycles. The molecule has 1 aromatic heterocycles. The third-order valence-electron chi connectivity index (χ3n) is 12.3. The van der Waals surface area contributed by atoms with Crippen molar-refractivity contribution in [2.75, 3.05) is 50.3 Å². The molecule has 3 fully saturated rings. The zero-order valence-electron chi connectivity index (χ0n) is 32.0. The first-order valence-electron chi connectivity index (χ1n) is 19.8. The van der Waals surface area contributed by atoms with E-state index in [1.165, 1.54) is 0 Å². The molecule has 4 aliphatic rings. The summed E-state index contributed by atoms with van der Waals surface area (Å²) in [4.78, 5) is 46.7. The molecule has 7 rings (SSSR count). The maximum absolute atomic E-state index is 15.6. The highest BCUT2D eigenvalue weighted by Gasteiger charge is 2.53. The average Bonchev–Trinajstić information content (AvgIpc) is 3.65. The van der Waals surface area contributed by atoms with E-state index in [9.17, 15) is 18.0 Å². The number of piperidine rings is 3. The summed E-state index contributed by atoms with van der Waals surface area (Å²) in [5.41, 5.74) is 3.14. The predicted molar refractivity (Wildman–Crippen MR) is 213 cm³/mol. The Balaban J connectivity index is 1.21. The van der Waals surface area contributed by atoms with E-state index >= 15 is 4.79 Å². The van der Waals surface area contributed by atoms with E-state index in [0.717, 1.165) is 67.3 Å². The first kappa shape index (κ1) is 38.5. The maximum atomic E-state index is 15.6. The number of likely N-dealkylation sites (tertiary alicyclic amines) is 2. The minimum Gasteiger partial charge on any atom is -0.325 e. The number of nitrogens with zero attached hydrogens (tertiary/aromatic N) is 4. The lowest BCUT2D eigenvalue weighted by Gasteiger charge is -2.48. The van der Waals surface area contributed by atoms with Gasteiger partial charge in [-0.15, -0.1) is 0 Å². The summed E-state index contributed by atoms with van der Waals surface area (Å²) in [6.45, 7) is 10.6. The van der Waals surface area contributed by atoms with Crippen LogP contribution in [0.4, 0.5) is 15.3 Å². The van der Waals surface area contributed by atoms with Crippen molar-refractivity contribution in [2.24, 2.45) is 0 Å². The van der Waals surface area contributed by atoms with Crippen LogP contribution in [0.2, 0.25) is 25.7 Å². The van der Waals surface area contributed by atoms with Crippen molar-refractivity contribution in [3.8, 4) is 0 Å². The van der Waals surface area contributed by atoms with Crippen LogP contribution < -0.4 is 16.0 Å². The molecule has 3 aromatic rings. The molecule has 0 saturated carbocycles. The topological polar surface area (TPSA) is 157 Å². The van der Waals surface area contributed by atoms with Crippen LogP contribution in [-0.2, 0) is 21.2 Å². The second kappa shape index (κ2) is 15.8. The summed E-state index contributed by atoms with van der Waals surface area (Å²) >= 11 is 0. The number of carbonyl (C=O) groups is 3. The predicted octanol–water partition coefficient (Wildman–Crippen LogP) is 5.23. The number of quaternary nitrogens is 1. The van der Waals surface area contributed by atoms with Crippen LogP contribution in [0.5, 0.6) is 0 Å².